The number of alkyl halides is 3. The van der Waals surface area contributed by atoms with E-state index < -0.39 is 11.7 Å². The van der Waals surface area contributed by atoms with Gasteiger partial charge in [0.05, 0.1) is 16.6 Å². The first kappa shape index (κ1) is 35.1. The van der Waals surface area contributed by atoms with Crippen LogP contribution in [0.15, 0.2) is 121 Å². The fourth-order valence-electron chi connectivity index (χ4n) is 6.20. The minimum atomic E-state index is -4.50. The van der Waals surface area contributed by atoms with Crippen molar-refractivity contribution in [3.8, 4) is 0 Å². The van der Waals surface area contributed by atoms with Gasteiger partial charge in [0.2, 0.25) is 0 Å². The van der Waals surface area contributed by atoms with E-state index in [1.165, 1.54) is 11.6 Å². The number of hydrogen-bond donors (Lipinski definition) is 3. The van der Waals surface area contributed by atoms with Gasteiger partial charge in [-0.3, -0.25) is 10.2 Å². The molecule has 7 nitrogen and oxygen atoms in total. The molecule has 0 saturated carbocycles. The maximum Gasteiger partial charge on any atom is 0.416 e. The molecule has 0 saturated heterocycles. The first-order valence-corrected chi connectivity index (χ1v) is 16.8. The normalized spacial score (nSPS) is 11.5. The highest BCUT2D eigenvalue weighted by molar-refractivity contribution is 5.97. The Bertz CT molecular complexity index is 2120. The third kappa shape index (κ3) is 8.71. The van der Waals surface area contributed by atoms with E-state index in [4.69, 9.17) is 21.9 Å². The molecule has 260 valence electrons. The van der Waals surface area contributed by atoms with Crippen molar-refractivity contribution in [2.24, 2.45) is 11.5 Å². The Kier molecular flexibility index (Phi) is 10.6. The number of nitrogen functional groups attached to an aromatic ring is 1. The van der Waals surface area contributed by atoms with Crippen LogP contribution in [-0.4, -0.2) is 26.2 Å². The molecule has 0 atom stereocenters. The molecule has 10 heteroatoms. The fraction of sp³-hybridized carbons (Fsp3) is 0.195. The third-order valence-corrected chi connectivity index (χ3v) is 8.99. The number of carbonyl (C=O) groups excluding carboxylic acids is 1. The van der Waals surface area contributed by atoms with Gasteiger partial charge in [0, 0.05) is 43.7 Å². The molecule has 5 aromatic carbocycles. The largest absolute Gasteiger partial charge is 0.416 e. The van der Waals surface area contributed by atoms with Crippen molar-refractivity contribution < 1.29 is 18.0 Å². The minimum Gasteiger partial charge on any atom is -0.384 e. The summed E-state index contributed by atoms with van der Waals surface area (Å²) in [6.45, 7) is 1.24. The number of amidine groups is 1. The van der Waals surface area contributed by atoms with Crippen molar-refractivity contribution in [3.63, 3.8) is 0 Å². The van der Waals surface area contributed by atoms with Gasteiger partial charge < -0.3 is 20.9 Å². The van der Waals surface area contributed by atoms with E-state index in [0.717, 1.165) is 46.6 Å². The highest BCUT2D eigenvalue weighted by atomic mass is 19.4. The molecule has 51 heavy (non-hydrogen) atoms. The predicted molar refractivity (Wildman–Crippen MR) is 194 cm³/mol. The van der Waals surface area contributed by atoms with Gasteiger partial charge in [-0.2, -0.15) is 13.2 Å². The molecular weight excluding hydrogens is 649 g/mol. The van der Waals surface area contributed by atoms with Gasteiger partial charge >= 0.3 is 6.18 Å². The van der Waals surface area contributed by atoms with Gasteiger partial charge in [-0.25, -0.2) is 4.98 Å². The van der Waals surface area contributed by atoms with E-state index in [-0.39, 0.29) is 24.8 Å². The summed E-state index contributed by atoms with van der Waals surface area (Å²) in [5.74, 6) is 0.581. The quantitative estimate of drug-likeness (QED) is 0.0854. The zero-order valence-corrected chi connectivity index (χ0v) is 28.0. The lowest BCUT2D eigenvalue weighted by Gasteiger charge is -2.24. The molecule has 0 aliphatic heterocycles. The number of aryl methyl sites for hydroxylation is 4. The summed E-state index contributed by atoms with van der Waals surface area (Å²) in [5, 5.41) is 7.67. The standard InChI is InChI=1S/C41H39F3N6O/c42-41(43,44)35-8-4-7-32(23-35)27-49(26-31-11-9-30(25-45)10-12-31)40(51)34-18-19-37-36(24-34)48-38(50(37)22-21-28-5-2-1-3-6-28)20-15-29-13-16-33(17-14-29)39(46)47/h1-14,16-19,23-24H,15,20-22,25-27,45H2,(H3,46,47). The van der Waals surface area contributed by atoms with E-state index in [9.17, 15) is 18.0 Å². The van der Waals surface area contributed by atoms with Gasteiger partial charge in [0.1, 0.15) is 11.7 Å². The fourth-order valence-corrected chi connectivity index (χ4v) is 6.20. The topological polar surface area (TPSA) is 114 Å². The molecule has 0 aliphatic rings. The van der Waals surface area contributed by atoms with Gasteiger partial charge in [-0.15, -0.1) is 0 Å². The number of amides is 1. The Morgan fingerprint density at radius 2 is 1.33 bits per heavy atom. The Morgan fingerprint density at radius 1 is 0.706 bits per heavy atom. The number of hydrogen-bond acceptors (Lipinski definition) is 4. The molecule has 0 fully saturated rings. The summed E-state index contributed by atoms with van der Waals surface area (Å²) in [7, 11) is 0. The monoisotopic (exact) mass is 688 g/mol. The molecule has 1 heterocycles. The summed E-state index contributed by atoms with van der Waals surface area (Å²) in [4.78, 5) is 20.8. The maximum absolute atomic E-state index is 14.2. The van der Waals surface area contributed by atoms with Gasteiger partial charge in [-0.1, -0.05) is 91.0 Å². The summed E-state index contributed by atoms with van der Waals surface area (Å²) >= 11 is 0. The summed E-state index contributed by atoms with van der Waals surface area (Å²) in [6.07, 6.45) is -2.34. The zero-order valence-electron chi connectivity index (χ0n) is 28.0. The Hall–Kier alpha value is -5.74. The second-order valence-electron chi connectivity index (χ2n) is 12.6. The molecule has 0 aliphatic carbocycles. The predicted octanol–water partition coefficient (Wildman–Crippen LogP) is 7.67. The molecule has 0 unspecified atom stereocenters. The third-order valence-electron chi connectivity index (χ3n) is 8.99. The zero-order chi connectivity index (χ0) is 36.0. The lowest BCUT2D eigenvalue weighted by molar-refractivity contribution is -0.137. The molecule has 0 radical (unpaired) electrons. The van der Waals surface area contributed by atoms with Crippen molar-refractivity contribution in [3.05, 3.63) is 172 Å². The number of carbonyl (C=O) groups is 1. The Morgan fingerprint density at radius 3 is 2.02 bits per heavy atom. The van der Waals surface area contributed by atoms with Crippen LogP contribution in [0.5, 0.6) is 0 Å². The van der Waals surface area contributed by atoms with Crippen LogP contribution in [0.4, 0.5) is 13.2 Å². The lowest BCUT2D eigenvalue weighted by atomic mass is 10.1. The van der Waals surface area contributed by atoms with Crippen molar-refractivity contribution in [1.82, 2.24) is 14.5 Å². The second-order valence-corrected chi connectivity index (χ2v) is 12.6. The van der Waals surface area contributed by atoms with Crippen LogP contribution in [0.3, 0.4) is 0 Å². The van der Waals surface area contributed by atoms with Gasteiger partial charge in [-0.05, 0) is 71.0 Å². The summed E-state index contributed by atoms with van der Waals surface area (Å²) < 4.78 is 42.9. The number of nitrogens with one attached hydrogen (secondary N) is 1. The van der Waals surface area contributed by atoms with Crippen LogP contribution < -0.4 is 11.5 Å². The number of nitrogens with zero attached hydrogens (tertiary/aromatic N) is 3. The number of imidazole rings is 1. The summed E-state index contributed by atoms with van der Waals surface area (Å²) in [5.41, 5.74) is 17.7. The number of benzene rings is 5. The molecule has 1 amide bonds. The Balaban J connectivity index is 1.31. The van der Waals surface area contributed by atoms with Crippen LogP contribution in [0, 0.1) is 5.41 Å². The van der Waals surface area contributed by atoms with E-state index in [2.05, 4.69) is 16.7 Å². The molecule has 0 bridgehead atoms. The van der Waals surface area contributed by atoms with Gasteiger partial charge in [0.25, 0.3) is 5.91 Å². The highest BCUT2D eigenvalue weighted by Gasteiger charge is 2.30. The number of rotatable bonds is 13. The average Bonchev–Trinajstić information content (AvgIpc) is 3.49. The van der Waals surface area contributed by atoms with Crippen LogP contribution in [0.25, 0.3) is 11.0 Å². The van der Waals surface area contributed by atoms with Crippen molar-refractivity contribution in [1.29, 1.82) is 5.41 Å². The van der Waals surface area contributed by atoms with E-state index >= 15 is 0 Å². The van der Waals surface area contributed by atoms with E-state index in [0.29, 0.717) is 48.1 Å². The van der Waals surface area contributed by atoms with Crippen molar-refractivity contribution >= 4 is 22.8 Å². The van der Waals surface area contributed by atoms with Crippen LogP contribution >= 0.6 is 0 Å². The van der Waals surface area contributed by atoms with Crippen molar-refractivity contribution in [2.45, 2.75) is 51.6 Å². The van der Waals surface area contributed by atoms with Crippen LogP contribution in [0.2, 0.25) is 0 Å². The molecule has 6 aromatic rings. The molecule has 6 rings (SSSR count). The maximum atomic E-state index is 14.2. The molecule has 5 N–H and O–H groups in total. The van der Waals surface area contributed by atoms with E-state index in [1.54, 1.807) is 23.1 Å². The van der Waals surface area contributed by atoms with Crippen molar-refractivity contribution in [2.75, 3.05) is 0 Å². The van der Waals surface area contributed by atoms with Crippen LogP contribution in [0.1, 0.15) is 55.1 Å². The summed E-state index contributed by atoms with van der Waals surface area (Å²) in [6, 6.07) is 35.9. The average molecular weight is 689 g/mol. The number of halogens is 3. The highest BCUT2D eigenvalue weighted by Crippen LogP contribution is 2.30. The number of nitrogens with two attached hydrogens (primary N) is 2. The SMILES string of the molecule is N=C(N)c1ccc(CCc2nc3cc(C(=O)N(Cc4ccc(CN)cc4)Cc4cccc(C(F)(F)F)c4)ccc3n2CCc2ccccc2)cc1. The first-order valence-electron chi connectivity index (χ1n) is 16.8. The Labute approximate surface area is 294 Å². The smallest absolute Gasteiger partial charge is 0.384 e. The first-order chi connectivity index (χ1) is 24.6. The van der Waals surface area contributed by atoms with E-state index in [1.807, 2.05) is 72.8 Å². The second kappa shape index (κ2) is 15.4. The molecule has 0 spiro atoms. The number of fused-ring (bicyclic) bond motifs is 1. The molecular formula is C41H39F3N6O. The molecule has 1 aromatic heterocycles. The van der Waals surface area contributed by atoms with Crippen LogP contribution in [-0.2, 0) is 51.6 Å². The lowest BCUT2D eigenvalue weighted by Crippen LogP contribution is -2.30. The minimum absolute atomic E-state index is 0.0153. The number of aromatic nitrogens is 2. The van der Waals surface area contributed by atoms with Gasteiger partial charge in [0.15, 0.2) is 0 Å².